The fourth-order valence-corrected chi connectivity index (χ4v) is 1.54. The standard InChI is InChI=1S/C12H11F6NO2/c1-2-21-8-6-4-3-5-7(8)19-10(20)9(11(13,14)15)12(16,17)18/h3-6,9H,2H2,1H3,(H,19,20). The second-order valence-electron chi connectivity index (χ2n) is 3.93. The van der Waals surface area contributed by atoms with Gasteiger partial charge in [0.25, 0.3) is 0 Å². The normalized spacial score (nSPS) is 12.4. The SMILES string of the molecule is CCOc1ccccc1NC(=O)C(C(F)(F)F)C(F)(F)F. The first-order valence-electron chi connectivity index (χ1n) is 5.73. The molecular formula is C12H11F6NO2. The van der Waals surface area contributed by atoms with Crippen molar-refractivity contribution in [1.29, 1.82) is 0 Å². The van der Waals surface area contributed by atoms with Crippen molar-refractivity contribution in [3.05, 3.63) is 24.3 Å². The molecule has 0 unspecified atom stereocenters. The van der Waals surface area contributed by atoms with Crippen LogP contribution >= 0.6 is 0 Å². The molecule has 0 aliphatic heterocycles. The van der Waals surface area contributed by atoms with Crippen molar-refractivity contribution < 1.29 is 35.9 Å². The number of anilines is 1. The molecule has 21 heavy (non-hydrogen) atoms. The van der Waals surface area contributed by atoms with Crippen LogP contribution in [0.4, 0.5) is 32.0 Å². The minimum Gasteiger partial charge on any atom is -0.492 e. The molecule has 0 saturated heterocycles. The smallest absolute Gasteiger partial charge is 0.409 e. The van der Waals surface area contributed by atoms with Crippen LogP contribution in [0.3, 0.4) is 0 Å². The van der Waals surface area contributed by atoms with Crippen LogP contribution < -0.4 is 10.1 Å². The number of benzene rings is 1. The summed E-state index contributed by atoms with van der Waals surface area (Å²) in [4.78, 5) is 11.4. The van der Waals surface area contributed by atoms with Gasteiger partial charge in [-0.2, -0.15) is 26.3 Å². The molecule has 0 aromatic heterocycles. The number of para-hydroxylation sites is 2. The van der Waals surface area contributed by atoms with Crippen molar-refractivity contribution in [1.82, 2.24) is 0 Å². The highest BCUT2D eigenvalue weighted by molar-refractivity contribution is 5.94. The van der Waals surface area contributed by atoms with Gasteiger partial charge in [-0.05, 0) is 19.1 Å². The Bertz CT molecular complexity index is 483. The summed E-state index contributed by atoms with van der Waals surface area (Å²) >= 11 is 0. The van der Waals surface area contributed by atoms with Gasteiger partial charge in [-0.25, -0.2) is 0 Å². The van der Waals surface area contributed by atoms with Gasteiger partial charge in [0.05, 0.1) is 12.3 Å². The van der Waals surface area contributed by atoms with Crippen LogP contribution in [0.1, 0.15) is 6.92 Å². The molecule has 0 fully saturated rings. The molecule has 0 aliphatic carbocycles. The lowest BCUT2D eigenvalue weighted by Gasteiger charge is -2.22. The van der Waals surface area contributed by atoms with Gasteiger partial charge in [-0.1, -0.05) is 12.1 Å². The first kappa shape index (κ1) is 17.1. The van der Waals surface area contributed by atoms with E-state index >= 15 is 0 Å². The molecule has 0 bridgehead atoms. The number of carbonyl (C=O) groups excluding carboxylic acids is 1. The highest BCUT2D eigenvalue weighted by Crippen LogP contribution is 2.40. The fourth-order valence-electron chi connectivity index (χ4n) is 1.54. The van der Waals surface area contributed by atoms with Crippen LogP contribution in [0.15, 0.2) is 24.3 Å². The average molecular weight is 315 g/mol. The number of ether oxygens (including phenoxy) is 1. The highest BCUT2D eigenvalue weighted by Gasteiger charge is 2.61. The molecule has 0 heterocycles. The molecule has 1 aromatic rings. The maximum absolute atomic E-state index is 12.4. The summed E-state index contributed by atoms with van der Waals surface area (Å²) < 4.78 is 79.4. The fraction of sp³-hybridized carbons (Fsp3) is 0.417. The van der Waals surface area contributed by atoms with Gasteiger partial charge in [0.1, 0.15) is 5.75 Å². The largest absolute Gasteiger partial charge is 0.492 e. The molecular weight excluding hydrogens is 304 g/mol. The minimum absolute atomic E-state index is 0.0172. The molecule has 1 amide bonds. The summed E-state index contributed by atoms with van der Waals surface area (Å²) in [6.07, 6.45) is -11.5. The third-order valence-corrected chi connectivity index (χ3v) is 2.36. The lowest BCUT2D eigenvalue weighted by Crippen LogP contribution is -2.45. The van der Waals surface area contributed by atoms with E-state index in [-0.39, 0.29) is 18.0 Å². The number of halogens is 6. The average Bonchev–Trinajstić information content (AvgIpc) is 2.27. The number of amides is 1. The van der Waals surface area contributed by atoms with Gasteiger partial charge in [-0.15, -0.1) is 0 Å². The van der Waals surface area contributed by atoms with Crippen molar-refractivity contribution in [2.45, 2.75) is 19.3 Å². The molecule has 1 N–H and O–H groups in total. The van der Waals surface area contributed by atoms with E-state index in [0.29, 0.717) is 0 Å². The zero-order valence-electron chi connectivity index (χ0n) is 10.7. The van der Waals surface area contributed by atoms with E-state index in [2.05, 4.69) is 0 Å². The number of alkyl halides is 6. The topological polar surface area (TPSA) is 38.3 Å². The second kappa shape index (κ2) is 6.23. The first-order valence-corrected chi connectivity index (χ1v) is 5.73. The Morgan fingerprint density at radius 1 is 1.14 bits per heavy atom. The van der Waals surface area contributed by atoms with Gasteiger partial charge in [0.15, 0.2) is 0 Å². The second-order valence-corrected chi connectivity index (χ2v) is 3.93. The summed E-state index contributed by atoms with van der Waals surface area (Å²) in [6.45, 7) is 1.71. The molecule has 9 heteroatoms. The van der Waals surface area contributed by atoms with Crippen LogP contribution in [0, 0.1) is 5.92 Å². The number of nitrogens with one attached hydrogen (secondary N) is 1. The first-order chi connectivity index (χ1) is 9.57. The Hall–Kier alpha value is -1.93. The molecule has 1 rings (SSSR count). The monoisotopic (exact) mass is 315 g/mol. The van der Waals surface area contributed by atoms with Crippen LogP contribution in [0.25, 0.3) is 0 Å². The third-order valence-electron chi connectivity index (χ3n) is 2.36. The Morgan fingerprint density at radius 2 is 1.67 bits per heavy atom. The van der Waals surface area contributed by atoms with Crippen molar-refractivity contribution in [2.24, 2.45) is 5.92 Å². The van der Waals surface area contributed by atoms with Crippen molar-refractivity contribution in [2.75, 3.05) is 11.9 Å². The number of hydrogen-bond donors (Lipinski definition) is 1. The lowest BCUT2D eigenvalue weighted by atomic mass is 10.1. The van der Waals surface area contributed by atoms with E-state index in [0.717, 1.165) is 6.07 Å². The van der Waals surface area contributed by atoms with E-state index < -0.39 is 24.2 Å². The Morgan fingerprint density at radius 3 is 2.14 bits per heavy atom. The van der Waals surface area contributed by atoms with E-state index in [1.807, 2.05) is 0 Å². The maximum Gasteiger partial charge on any atom is 0.409 e. The molecule has 3 nitrogen and oxygen atoms in total. The Balaban J connectivity index is 3.03. The molecule has 0 radical (unpaired) electrons. The maximum atomic E-state index is 12.4. The van der Waals surface area contributed by atoms with Crippen molar-refractivity contribution in [3.63, 3.8) is 0 Å². The summed E-state index contributed by atoms with van der Waals surface area (Å²) in [5.41, 5.74) is -0.261. The van der Waals surface area contributed by atoms with E-state index in [9.17, 15) is 31.1 Å². The van der Waals surface area contributed by atoms with Gasteiger partial charge >= 0.3 is 12.4 Å². The molecule has 1 aromatic carbocycles. The molecule has 0 spiro atoms. The number of hydrogen-bond acceptors (Lipinski definition) is 2. The predicted molar refractivity (Wildman–Crippen MR) is 61.8 cm³/mol. The van der Waals surface area contributed by atoms with E-state index in [1.54, 1.807) is 12.2 Å². The minimum atomic E-state index is -5.73. The van der Waals surface area contributed by atoms with Crippen LogP contribution in [-0.4, -0.2) is 24.9 Å². The van der Waals surface area contributed by atoms with Gasteiger partial charge in [0, 0.05) is 0 Å². The van der Waals surface area contributed by atoms with Gasteiger partial charge in [0.2, 0.25) is 11.8 Å². The predicted octanol–water partition coefficient (Wildman–Crippen LogP) is 3.76. The summed E-state index contributed by atoms with van der Waals surface area (Å²) in [5, 5.41) is 1.60. The molecule has 0 atom stereocenters. The Kier molecular flexibility index (Phi) is 5.08. The highest BCUT2D eigenvalue weighted by atomic mass is 19.4. The molecule has 0 saturated carbocycles. The third kappa shape index (κ3) is 4.54. The molecule has 0 aliphatic rings. The summed E-state index contributed by atoms with van der Waals surface area (Å²) in [5.74, 6) is -6.32. The summed E-state index contributed by atoms with van der Waals surface area (Å²) in [7, 11) is 0. The van der Waals surface area contributed by atoms with Gasteiger partial charge < -0.3 is 10.1 Å². The van der Waals surface area contributed by atoms with Crippen LogP contribution in [-0.2, 0) is 4.79 Å². The molecule has 118 valence electrons. The quantitative estimate of drug-likeness (QED) is 0.859. The number of carbonyl (C=O) groups is 1. The lowest BCUT2D eigenvalue weighted by molar-refractivity contribution is -0.272. The van der Waals surface area contributed by atoms with Crippen LogP contribution in [0.5, 0.6) is 5.75 Å². The van der Waals surface area contributed by atoms with Crippen LogP contribution in [0.2, 0.25) is 0 Å². The Labute approximate surface area is 115 Å². The van der Waals surface area contributed by atoms with E-state index in [4.69, 9.17) is 4.74 Å². The zero-order chi connectivity index (χ0) is 16.3. The summed E-state index contributed by atoms with van der Waals surface area (Å²) in [6, 6.07) is 5.27. The van der Waals surface area contributed by atoms with Crippen molar-refractivity contribution in [3.8, 4) is 5.75 Å². The van der Waals surface area contributed by atoms with Gasteiger partial charge in [-0.3, -0.25) is 4.79 Å². The van der Waals surface area contributed by atoms with Crippen molar-refractivity contribution >= 4 is 11.6 Å². The number of rotatable bonds is 4. The van der Waals surface area contributed by atoms with E-state index in [1.165, 1.54) is 18.2 Å². The zero-order valence-corrected chi connectivity index (χ0v) is 10.7.